The molecule has 0 fully saturated rings. The first-order valence-electron chi connectivity index (χ1n) is 7.17. The molecule has 0 radical (unpaired) electrons. The van der Waals surface area contributed by atoms with Gasteiger partial charge in [0.05, 0.1) is 17.2 Å². The van der Waals surface area contributed by atoms with Gasteiger partial charge in [0.25, 0.3) is 5.91 Å². The monoisotopic (exact) mass is 301 g/mol. The van der Waals surface area contributed by atoms with Crippen LogP contribution in [-0.4, -0.2) is 29.4 Å². The number of fused-ring (bicyclic) bond motifs is 1. The van der Waals surface area contributed by atoms with Gasteiger partial charge in [0.1, 0.15) is 0 Å². The summed E-state index contributed by atoms with van der Waals surface area (Å²) < 4.78 is 0. The SMILES string of the molecule is Cc1nc(CN(C)C(=O)c2cccc3c2CCCN3)cs1. The molecule has 1 aliphatic heterocycles. The summed E-state index contributed by atoms with van der Waals surface area (Å²) in [7, 11) is 1.84. The van der Waals surface area contributed by atoms with E-state index in [9.17, 15) is 4.79 Å². The largest absolute Gasteiger partial charge is 0.385 e. The van der Waals surface area contributed by atoms with E-state index in [-0.39, 0.29) is 5.91 Å². The van der Waals surface area contributed by atoms with E-state index < -0.39 is 0 Å². The zero-order valence-electron chi connectivity index (χ0n) is 12.3. The van der Waals surface area contributed by atoms with Gasteiger partial charge < -0.3 is 10.2 Å². The molecular formula is C16H19N3OS. The summed E-state index contributed by atoms with van der Waals surface area (Å²) in [5.41, 5.74) is 4.02. The summed E-state index contributed by atoms with van der Waals surface area (Å²) >= 11 is 1.62. The topological polar surface area (TPSA) is 45.2 Å². The molecule has 0 spiro atoms. The Labute approximate surface area is 128 Å². The van der Waals surface area contributed by atoms with Crippen LogP contribution in [0.15, 0.2) is 23.6 Å². The maximum atomic E-state index is 12.7. The van der Waals surface area contributed by atoms with Crippen molar-refractivity contribution in [3.8, 4) is 0 Å². The molecule has 0 aliphatic carbocycles. The van der Waals surface area contributed by atoms with Crippen molar-refractivity contribution in [2.75, 3.05) is 18.9 Å². The van der Waals surface area contributed by atoms with Crippen LogP contribution < -0.4 is 5.32 Å². The van der Waals surface area contributed by atoms with Gasteiger partial charge in [0.2, 0.25) is 0 Å². The number of carbonyl (C=O) groups is 1. The number of nitrogens with zero attached hydrogens (tertiary/aromatic N) is 2. The van der Waals surface area contributed by atoms with E-state index in [4.69, 9.17) is 0 Å². The second kappa shape index (κ2) is 5.85. The Balaban J connectivity index is 1.81. The zero-order chi connectivity index (χ0) is 14.8. The number of anilines is 1. The molecule has 2 aromatic rings. The standard InChI is InChI=1S/C16H19N3OS/c1-11-18-12(10-21-11)9-19(2)16(20)14-5-3-7-15-13(14)6-4-8-17-15/h3,5,7,10,17H,4,6,8-9H2,1-2H3. The highest BCUT2D eigenvalue weighted by Gasteiger charge is 2.20. The molecule has 0 atom stereocenters. The van der Waals surface area contributed by atoms with Crippen molar-refractivity contribution in [3.05, 3.63) is 45.4 Å². The number of rotatable bonds is 3. The maximum absolute atomic E-state index is 12.7. The van der Waals surface area contributed by atoms with Gasteiger partial charge in [-0.3, -0.25) is 4.79 Å². The molecule has 1 N–H and O–H groups in total. The van der Waals surface area contributed by atoms with Crippen LogP contribution in [-0.2, 0) is 13.0 Å². The first kappa shape index (κ1) is 14.1. The van der Waals surface area contributed by atoms with Gasteiger partial charge in [-0.2, -0.15) is 0 Å². The molecule has 0 saturated heterocycles. The molecule has 2 heterocycles. The summed E-state index contributed by atoms with van der Waals surface area (Å²) in [5, 5.41) is 6.42. The van der Waals surface area contributed by atoms with Crippen molar-refractivity contribution in [1.29, 1.82) is 0 Å². The molecule has 3 rings (SSSR count). The summed E-state index contributed by atoms with van der Waals surface area (Å²) in [5.74, 6) is 0.0706. The lowest BCUT2D eigenvalue weighted by Crippen LogP contribution is -2.28. The third-order valence-electron chi connectivity index (χ3n) is 3.74. The van der Waals surface area contributed by atoms with Crippen LogP contribution in [0.1, 0.15) is 33.0 Å². The molecule has 5 heteroatoms. The van der Waals surface area contributed by atoms with Crippen LogP contribution in [0, 0.1) is 6.92 Å². The highest BCUT2D eigenvalue weighted by atomic mass is 32.1. The van der Waals surface area contributed by atoms with Gasteiger partial charge >= 0.3 is 0 Å². The first-order chi connectivity index (χ1) is 10.1. The van der Waals surface area contributed by atoms with E-state index in [1.165, 1.54) is 0 Å². The smallest absolute Gasteiger partial charge is 0.254 e. The van der Waals surface area contributed by atoms with Crippen LogP contribution in [0.2, 0.25) is 0 Å². The van der Waals surface area contributed by atoms with Crippen LogP contribution in [0.3, 0.4) is 0 Å². The molecule has 0 unspecified atom stereocenters. The molecule has 21 heavy (non-hydrogen) atoms. The fourth-order valence-corrected chi connectivity index (χ4v) is 3.32. The van der Waals surface area contributed by atoms with Crippen molar-refractivity contribution in [2.24, 2.45) is 0 Å². The summed E-state index contributed by atoms with van der Waals surface area (Å²) in [4.78, 5) is 18.9. The summed E-state index contributed by atoms with van der Waals surface area (Å²) in [6.07, 6.45) is 2.04. The molecule has 1 aromatic heterocycles. The number of hydrogen-bond acceptors (Lipinski definition) is 4. The number of hydrogen-bond donors (Lipinski definition) is 1. The Morgan fingerprint density at radius 2 is 2.33 bits per heavy atom. The molecule has 1 aromatic carbocycles. The third kappa shape index (κ3) is 2.93. The van der Waals surface area contributed by atoms with E-state index >= 15 is 0 Å². The van der Waals surface area contributed by atoms with Gasteiger partial charge in [-0.1, -0.05) is 6.07 Å². The highest BCUT2D eigenvalue weighted by Crippen LogP contribution is 2.26. The fraction of sp³-hybridized carbons (Fsp3) is 0.375. The Bertz CT molecular complexity index is 665. The van der Waals surface area contributed by atoms with Gasteiger partial charge in [-0.25, -0.2) is 4.98 Å². The minimum atomic E-state index is 0.0706. The lowest BCUT2D eigenvalue weighted by atomic mass is 9.97. The normalized spacial score (nSPS) is 13.4. The number of carbonyl (C=O) groups excluding carboxylic acids is 1. The molecular weight excluding hydrogens is 282 g/mol. The van der Waals surface area contributed by atoms with E-state index in [1.807, 2.05) is 31.5 Å². The molecule has 1 aliphatic rings. The Morgan fingerprint density at radius 1 is 1.48 bits per heavy atom. The second-order valence-corrected chi connectivity index (χ2v) is 6.44. The van der Waals surface area contributed by atoms with Crippen LogP contribution >= 0.6 is 11.3 Å². The van der Waals surface area contributed by atoms with Crippen molar-refractivity contribution >= 4 is 22.9 Å². The van der Waals surface area contributed by atoms with E-state index in [0.29, 0.717) is 6.54 Å². The lowest BCUT2D eigenvalue weighted by molar-refractivity contribution is 0.0782. The third-order valence-corrected chi connectivity index (χ3v) is 4.56. The van der Waals surface area contributed by atoms with Crippen molar-refractivity contribution < 1.29 is 4.79 Å². The number of aromatic nitrogens is 1. The Hall–Kier alpha value is -1.88. The minimum absolute atomic E-state index is 0.0706. The maximum Gasteiger partial charge on any atom is 0.254 e. The van der Waals surface area contributed by atoms with Crippen molar-refractivity contribution in [2.45, 2.75) is 26.3 Å². The van der Waals surface area contributed by atoms with E-state index in [0.717, 1.165) is 46.9 Å². The number of amides is 1. The predicted octanol–water partition coefficient (Wildman–Crippen LogP) is 3.08. The summed E-state index contributed by atoms with van der Waals surface area (Å²) in [6.45, 7) is 3.52. The van der Waals surface area contributed by atoms with Crippen LogP contribution in [0.25, 0.3) is 0 Å². The quantitative estimate of drug-likeness (QED) is 0.947. The number of benzene rings is 1. The van der Waals surface area contributed by atoms with Gasteiger partial charge in [0.15, 0.2) is 0 Å². The molecule has 110 valence electrons. The summed E-state index contributed by atoms with van der Waals surface area (Å²) in [6, 6.07) is 5.93. The van der Waals surface area contributed by atoms with E-state index in [1.54, 1.807) is 16.2 Å². The number of nitrogens with one attached hydrogen (secondary N) is 1. The lowest BCUT2D eigenvalue weighted by Gasteiger charge is -2.23. The Morgan fingerprint density at radius 3 is 3.10 bits per heavy atom. The van der Waals surface area contributed by atoms with Crippen LogP contribution in [0.5, 0.6) is 0 Å². The first-order valence-corrected chi connectivity index (χ1v) is 8.05. The van der Waals surface area contributed by atoms with E-state index in [2.05, 4.69) is 16.4 Å². The second-order valence-electron chi connectivity index (χ2n) is 5.38. The fourth-order valence-electron chi connectivity index (χ4n) is 2.71. The van der Waals surface area contributed by atoms with Crippen molar-refractivity contribution in [3.63, 3.8) is 0 Å². The molecule has 4 nitrogen and oxygen atoms in total. The van der Waals surface area contributed by atoms with Gasteiger partial charge in [0, 0.05) is 30.2 Å². The van der Waals surface area contributed by atoms with Crippen LogP contribution in [0.4, 0.5) is 5.69 Å². The molecule has 0 saturated carbocycles. The molecule has 0 bridgehead atoms. The minimum Gasteiger partial charge on any atom is -0.385 e. The Kier molecular flexibility index (Phi) is 3.92. The zero-order valence-corrected chi connectivity index (χ0v) is 13.2. The van der Waals surface area contributed by atoms with Gasteiger partial charge in [-0.15, -0.1) is 11.3 Å². The predicted molar refractivity (Wildman–Crippen MR) is 85.9 cm³/mol. The number of thiazole rings is 1. The average molecular weight is 301 g/mol. The number of aryl methyl sites for hydroxylation is 1. The van der Waals surface area contributed by atoms with Crippen molar-refractivity contribution in [1.82, 2.24) is 9.88 Å². The molecule has 1 amide bonds. The van der Waals surface area contributed by atoms with Gasteiger partial charge in [-0.05, 0) is 37.5 Å². The highest BCUT2D eigenvalue weighted by molar-refractivity contribution is 7.09. The average Bonchev–Trinajstić information content (AvgIpc) is 2.91.